The number of hydrogen-bond donors (Lipinski definition) is 0. The highest BCUT2D eigenvalue weighted by atomic mass is 19.1. The molecule has 1 saturated carbocycles. The zero-order valence-corrected chi connectivity index (χ0v) is 8.16. The van der Waals surface area contributed by atoms with Crippen molar-refractivity contribution in [3.05, 3.63) is 35.4 Å². The van der Waals surface area contributed by atoms with Crippen LogP contribution in [-0.2, 0) is 0 Å². The summed E-state index contributed by atoms with van der Waals surface area (Å²) in [5.74, 6) is 0.327. The highest BCUT2D eigenvalue weighted by molar-refractivity contribution is 5.95. The zero-order valence-electron chi connectivity index (χ0n) is 8.16. The van der Waals surface area contributed by atoms with E-state index in [-0.39, 0.29) is 11.7 Å². The topological polar surface area (TPSA) is 17.1 Å². The van der Waals surface area contributed by atoms with E-state index < -0.39 is 6.17 Å². The van der Waals surface area contributed by atoms with Crippen LogP contribution in [0.4, 0.5) is 4.39 Å². The van der Waals surface area contributed by atoms with E-state index in [0.29, 0.717) is 12.8 Å². The summed E-state index contributed by atoms with van der Waals surface area (Å²) < 4.78 is 12.7. The molecule has 1 nitrogen and oxygen atoms in total. The van der Waals surface area contributed by atoms with Crippen molar-refractivity contribution >= 4 is 5.78 Å². The highest BCUT2D eigenvalue weighted by Gasteiger charge is 2.31. The third kappa shape index (κ3) is 1.57. The molecular weight excluding hydrogens is 179 g/mol. The number of benzene rings is 1. The van der Waals surface area contributed by atoms with Gasteiger partial charge in [-0.3, -0.25) is 4.79 Å². The maximum absolute atomic E-state index is 12.7. The van der Waals surface area contributed by atoms with Gasteiger partial charge in [0.2, 0.25) is 0 Å². The van der Waals surface area contributed by atoms with Gasteiger partial charge in [-0.1, -0.05) is 24.3 Å². The molecule has 0 saturated heterocycles. The molecule has 1 aliphatic rings. The zero-order chi connectivity index (χ0) is 10.1. The normalized spacial score (nSPS) is 25.6. The molecule has 0 unspecified atom stereocenters. The van der Waals surface area contributed by atoms with Crippen LogP contribution in [0, 0.1) is 0 Å². The Morgan fingerprint density at radius 2 is 2.00 bits per heavy atom. The first kappa shape index (κ1) is 9.38. The maximum Gasteiger partial charge on any atom is 0.160 e. The highest BCUT2D eigenvalue weighted by Crippen LogP contribution is 2.40. The standard InChI is InChI=1S/C12H13FO/c1-8(14)11-4-2-3-5-12(11)9-6-10(13)7-9/h2-5,9-10H,6-7H2,1H3. The number of hydrogen-bond acceptors (Lipinski definition) is 1. The average molecular weight is 192 g/mol. The van der Waals surface area contributed by atoms with Gasteiger partial charge in [0.15, 0.2) is 5.78 Å². The molecule has 0 amide bonds. The van der Waals surface area contributed by atoms with Gasteiger partial charge >= 0.3 is 0 Å². The first-order chi connectivity index (χ1) is 6.68. The van der Waals surface area contributed by atoms with Crippen LogP contribution in [0.25, 0.3) is 0 Å². The Kier molecular flexibility index (Phi) is 2.36. The van der Waals surface area contributed by atoms with Gasteiger partial charge < -0.3 is 0 Å². The van der Waals surface area contributed by atoms with Gasteiger partial charge in [-0.05, 0) is 31.2 Å². The number of carbonyl (C=O) groups is 1. The Morgan fingerprint density at radius 1 is 1.36 bits per heavy atom. The number of alkyl halides is 1. The predicted octanol–water partition coefficient (Wildman–Crippen LogP) is 3.10. The number of rotatable bonds is 2. The van der Waals surface area contributed by atoms with Gasteiger partial charge in [-0.2, -0.15) is 0 Å². The second-order valence-corrected chi connectivity index (χ2v) is 3.91. The molecule has 14 heavy (non-hydrogen) atoms. The van der Waals surface area contributed by atoms with Crippen LogP contribution < -0.4 is 0 Å². The Bertz CT molecular complexity index is 353. The fourth-order valence-electron chi connectivity index (χ4n) is 1.98. The minimum Gasteiger partial charge on any atom is -0.295 e. The molecule has 0 aliphatic heterocycles. The molecule has 1 aliphatic carbocycles. The second-order valence-electron chi connectivity index (χ2n) is 3.91. The summed E-state index contributed by atoms with van der Waals surface area (Å²) in [4.78, 5) is 11.3. The summed E-state index contributed by atoms with van der Waals surface area (Å²) in [7, 11) is 0. The molecule has 74 valence electrons. The third-order valence-corrected chi connectivity index (χ3v) is 2.86. The van der Waals surface area contributed by atoms with E-state index in [2.05, 4.69) is 0 Å². The quantitative estimate of drug-likeness (QED) is 0.658. The second kappa shape index (κ2) is 3.52. The number of Topliss-reactive ketones (excluding diaryl/α,β-unsaturated/α-hetero) is 1. The lowest BCUT2D eigenvalue weighted by atomic mass is 9.76. The first-order valence-corrected chi connectivity index (χ1v) is 4.92. The van der Waals surface area contributed by atoms with Crippen molar-refractivity contribution in [3.8, 4) is 0 Å². The number of ketones is 1. The third-order valence-electron chi connectivity index (χ3n) is 2.86. The summed E-state index contributed by atoms with van der Waals surface area (Å²) in [5.41, 5.74) is 1.78. The molecular formula is C12H13FO. The molecule has 0 spiro atoms. The van der Waals surface area contributed by atoms with E-state index >= 15 is 0 Å². The lowest BCUT2D eigenvalue weighted by Gasteiger charge is -2.31. The Labute approximate surface area is 82.9 Å². The fourth-order valence-corrected chi connectivity index (χ4v) is 1.98. The van der Waals surface area contributed by atoms with E-state index in [1.165, 1.54) is 0 Å². The van der Waals surface area contributed by atoms with Crippen LogP contribution in [0.5, 0.6) is 0 Å². The van der Waals surface area contributed by atoms with Crippen molar-refractivity contribution in [2.24, 2.45) is 0 Å². The SMILES string of the molecule is CC(=O)c1ccccc1C1CC(F)C1. The Morgan fingerprint density at radius 3 is 2.57 bits per heavy atom. The molecule has 2 rings (SSSR count). The van der Waals surface area contributed by atoms with Gasteiger partial charge in [0, 0.05) is 5.56 Å². The Balaban J connectivity index is 2.28. The van der Waals surface area contributed by atoms with Crippen LogP contribution in [0.3, 0.4) is 0 Å². The smallest absolute Gasteiger partial charge is 0.160 e. The summed E-state index contributed by atoms with van der Waals surface area (Å²) in [6.07, 6.45) is 0.481. The van der Waals surface area contributed by atoms with Crippen molar-refractivity contribution in [2.75, 3.05) is 0 Å². The molecule has 0 N–H and O–H groups in total. The Hall–Kier alpha value is -1.18. The minimum absolute atomic E-state index is 0.0721. The average Bonchev–Trinajstić information content (AvgIpc) is 2.13. The van der Waals surface area contributed by atoms with Crippen molar-refractivity contribution in [3.63, 3.8) is 0 Å². The van der Waals surface area contributed by atoms with E-state index in [0.717, 1.165) is 11.1 Å². The van der Waals surface area contributed by atoms with Gasteiger partial charge in [-0.25, -0.2) is 4.39 Å². The summed E-state index contributed by atoms with van der Waals surface area (Å²) in [6.45, 7) is 1.56. The van der Waals surface area contributed by atoms with Crippen molar-refractivity contribution in [1.29, 1.82) is 0 Å². The van der Waals surface area contributed by atoms with Crippen LogP contribution in [0.15, 0.2) is 24.3 Å². The fraction of sp³-hybridized carbons (Fsp3) is 0.417. The maximum atomic E-state index is 12.7. The van der Waals surface area contributed by atoms with Crippen LogP contribution in [0.1, 0.15) is 41.6 Å². The lowest BCUT2D eigenvalue weighted by molar-refractivity contribution is 0.101. The predicted molar refractivity (Wildman–Crippen MR) is 53.3 cm³/mol. The molecule has 0 radical (unpaired) electrons. The molecule has 0 bridgehead atoms. The number of halogens is 1. The summed E-state index contributed by atoms with van der Waals surface area (Å²) >= 11 is 0. The molecule has 1 aromatic carbocycles. The minimum atomic E-state index is -0.667. The molecule has 0 atom stereocenters. The molecule has 0 aromatic heterocycles. The molecule has 2 heteroatoms. The van der Waals surface area contributed by atoms with E-state index in [1.54, 1.807) is 6.92 Å². The van der Waals surface area contributed by atoms with Crippen molar-refractivity contribution < 1.29 is 9.18 Å². The van der Waals surface area contributed by atoms with E-state index in [1.807, 2.05) is 24.3 Å². The molecule has 1 aromatic rings. The molecule has 0 heterocycles. The lowest BCUT2D eigenvalue weighted by Crippen LogP contribution is -2.24. The first-order valence-electron chi connectivity index (χ1n) is 4.92. The summed E-state index contributed by atoms with van der Waals surface area (Å²) in [5, 5.41) is 0. The van der Waals surface area contributed by atoms with Crippen LogP contribution >= 0.6 is 0 Å². The van der Waals surface area contributed by atoms with E-state index in [9.17, 15) is 9.18 Å². The van der Waals surface area contributed by atoms with Crippen molar-refractivity contribution in [1.82, 2.24) is 0 Å². The van der Waals surface area contributed by atoms with E-state index in [4.69, 9.17) is 0 Å². The van der Waals surface area contributed by atoms with Crippen LogP contribution in [-0.4, -0.2) is 12.0 Å². The number of carbonyl (C=O) groups excluding carboxylic acids is 1. The van der Waals surface area contributed by atoms with Crippen LogP contribution in [0.2, 0.25) is 0 Å². The van der Waals surface area contributed by atoms with Gasteiger partial charge in [0.05, 0.1) is 0 Å². The molecule has 1 fully saturated rings. The van der Waals surface area contributed by atoms with Crippen molar-refractivity contribution in [2.45, 2.75) is 31.9 Å². The largest absolute Gasteiger partial charge is 0.295 e. The van der Waals surface area contributed by atoms with Gasteiger partial charge in [0.25, 0.3) is 0 Å². The van der Waals surface area contributed by atoms with Gasteiger partial charge in [-0.15, -0.1) is 0 Å². The summed E-state index contributed by atoms with van der Waals surface area (Å²) in [6, 6.07) is 7.52. The van der Waals surface area contributed by atoms with Gasteiger partial charge in [0.1, 0.15) is 6.17 Å². The monoisotopic (exact) mass is 192 g/mol.